The van der Waals surface area contributed by atoms with Crippen molar-refractivity contribution in [2.75, 3.05) is 6.61 Å². The maximum absolute atomic E-state index is 6.22. The van der Waals surface area contributed by atoms with Crippen molar-refractivity contribution < 1.29 is 9.47 Å². The Morgan fingerprint density at radius 2 is 1.92 bits per heavy atom. The topological polar surface area (TPSA) is 30.5 Å². The number of nitrogens with one attached hydrogen (secondary N) is 1. The van der Waals surface area contributed by atoms with Gasteiger partial charge in [0.25, 0.3) is 0 Å². The molecule has 2 spiro atoms. The first-order valence-electron chi connectivity index (χ1n) is 10.8. The highest BCUT2D eigenvalue weighted by Gasteiger charge is 2.64. The minimum absolute atomic E-state index is 0.311. The van der Waals surface area contributed by atoms with Gasteiger partial charge in [-0.05, 0) is 68.3 Å². The van der Waals surface area contributed by atoms with Crippen molar-refractivity contribution in [3.05, 3.63) is 35.9 Å². The van der Waals surface area contributed by atoms with Crippen LogP contribution in [0.2, 0.25) is 0 Å². The number of hydrogen-bond acceptors (Lipinski definition) is 3. The first kappa shape index (κ1) is 16.1. The van der Waals surface area contributed by atoms with Gasteiger partial charge in [0, 0.05) is 24.6 Å². The molecule has 3 nitrogen and oxygen atoms in total. The highest BCUT2D eigenvalue weighted by molar-refractivity contribution is 5.17. The zero-order chi connectivity index (χ0) is 17.2. The van der Waals surface area contributed by atoms with Gasteiger partial charge >= 0.3 is 0 Å². The van der Waals surface area contributed by atoms with Crippen molar-refractivity contribution >= 4 is 0 Å². The van der Waals surface area contributed by atoms with Crippen LogP contribution < -0.4 is 5.32 Å². The summed E-state index contributed by atoms with van der Waals surface area (Å²) < 4.78 is 12.3. The second kappa shape index (κ2) is 5.80. The molecule has 0 aromatic heterocycles. The van der Waals surface area contributed by atoms with E-state index < -0.39 is 0 Å². The molecule has 1 aromatic carbocycles. The summed E-state index contributed by atoms with van der Waals surface area (Å²) in [6.45, 7) is 1.79. The number of rotatable bonds is 5. The van der Waals surface area contributed by atoms with Crippen molar-refractivity contribution in [1.29, 1.82) is 0 Å². The average Bonchev–Trinajstić information content (AvgIpc) is 3.04. The Morgan fingerprint density at radius 1 is 1.08 bits per heavy atom. The minimum atomic E-state index is 0.311. The fourth-order valence-corrected chi connectivity index (χ4v) is 7.13. The molecule has 1 saturated heterocycles. The summed E-state index contributed by atoms with van der Waals surface area (Å²) in [5.41, 5.74) is 2.22. The molecule has 4 unspecified atom stereocenters. The van der Waals surface area contributed by atoms with Gasteiger partial charge in [0.2, 0.25) is 0 Å². The molecule has 5 aliphatic rings. The molecular weight excluding hydrogens is 322 g/mol. The van der Waals surface area contributed by atoms with Crippen LogP contribution in [0.25, 0.3) is 0 Å². The lowest BCUT2D eigenvalue weighted by Crippen LogP contribution is -2.61. The number of hydrogen-bond donors (Lipinski definition) is 1. The van der Waals surface area contributed by atoms with Gasteiger partial charge in [-0.15, -0.1) is 0 Å². The molecular formula is C23H31NO2. The van der Waals surface area contributed by atoms with E-state index in [4.69, 9.17) is 9.47 Å². The second-order valence-corrected chi connectivity index (χ2v) is 9.88. The highest BCUT2D eigenvalue weighted by Crippen LogP contribution is 2.62. The molecule has 3 heteroatoms. The summed E-state index contributed by atoms with van der Waals surface area (Å²) in [6.07, 6.45) is 11.2. The van der Waals surface area contributed by atoms with Crippen LogP contribution in [-0.4, -0.2) is 30.4 Å². The zero-order valence-corrected chi connectivity index (χ0v) is 15.7. The smallest absolute Gasteiger partial charge is 0.0755 e. The average molecular weight is 354 g/mol. The molecule has 4 atom stereocenters. The van der Waals surface area contributed by atoms with E-state index in [1.54, 1.807) is 0 Å². The van der Waals surface area contributed by atoms with Crippen LogP contribution >= 0.6 is 0 Å². The second-order valence-electron chi connectivity index (χ2n) is 9.88. The van der Waals surface area contributed by atoms with Crippen LogP contribution in [0.1, 0.15) is 56.9 Å². The van der Waals surface area contributed by atoms with Crippen LogP contribution in [0.4, 0.5) is 0 Å². The Labute approximate surface area is 156 Å². The lowest BCUT2D eigenvalue weighted by molar-refractivity contribution is -0.141. The Hall–Kier alpha value is -0.900. The molecule has 4 aliphatic carbocycles. The van der Waals surface area contributed by atoms with Gasteiger partial charge in [-0.25, -0.2) is 0 Å². The molecule has 6 rings (SSSR count). The SMILES string of the molecule is c1ccc(COC2CC3(CC(NC4CCC56OCCC5CC46)C3)C2)cc1. The van der Waals surface area contributed by atoms with E-state index in [9.17, 15) is 0 Å². The predicted octanol–water partition coefficient (Wildman–Crippen LogP) is 4.06. The van der Waals surface area contributed by atoms with Gasteiger partial charge in [-0.1, -0.05) is 30.3 Å². The Balaban J connectivity index is 0.951. The number of ether oxygens (including phenoxy) is 2. The zero-order valence-electron chi connectivity index (χ0n) is 15.7. The molecule has 0 bridgehead atoms. The summed E-state index contributed by atoms with van der Waals surface area (Å²) in [7, 11) is 0. The summed E-state index contributed by atoms with van der Waals surface area (Å²) in [5.74, 6) is 1.70. The molecule has 1 heterocycles. The summed E-state index contributed by atoms with van der Waals surface area (Å²) in [4.78, 5) is 0. The van der Waals surface area contributed by atoms with Crippen molar-refractivity contribution in [3.8, 4) is 0 Å². The van der Waals surface area contributed by atoms with E-state index in [0.717, 1.165) is 37.1 Å². The summed E-state index contributed by atoms with van der Waals surface area (Å²) in [5, 5.41) is 4.03. The minimum Gasteiger partial charge on any atom is -0.374 e. The largest absolute Gasteiger partial charge is 0.374 e. The highest BCUT2D eigenvalue weighted by atomic mass is 16.5. The molecule has 26 heavy (non-hydrogen) atoms. The molecule has 5 fully saturated rings. The third kappa shape index (κ3) is 2.36. The van der Waals surface area contributed by atoms with Gasteiger partial charge in [-0.3, -0.25) is 0 Å². The summed E-state index contributed by atoms with van der Waals surface area (Å²) in [6, 6.07) is 12.1. The van der Waals surface area contributed by atoms with E-state index in [2.05, 4.69) is 35.6 Å². The van der Waals surface area contributed by atoms with Gasteiger partial charge in [-0.2, -0.15) is 0 Å². The Kier molecular flexibility index (Phi) is 3.59. The maximum Gasteiger partial charge on any atom is 0.0755 e. The molecule has 1 aromatic rings. The van der Waals surface area contributed by atoms with E-state index in [1.165, 1.54) is 56.9 Å². The van der Waals surface area contributed by atoms with Crippen LogP contribution in [0.5, 0.6) is 0 Å². The van der Waals surface area contributed by atoms with E-state index in [0.29, 0.717) is 17.1 Å². The fourth-order valence-electron chi connectivity index (χ4n) is 7.13. The van der Waals surface area contributed by atoms with Gasteiger partial charge in [0.05, 0.1) is 18.3 Å². The molecule has 140 valence electrons. The van der Waals surface area contributed by atoms with Crippen molar-refractivity contribution in [2.24, 2.45) is 17.3 Å². The number of benzene rings is 1. The van der Waals surface area contributed by atoms with Crippen molar-refractivity contribution in [2.45, 2.75) is 81.8 Å². The molecule has 1 N–H and O–H groups in total. The van der Waals surface area contributed by atoms with Gasteiger partial charge < -0.3 is 14.8 Å². The van der Waals surface area contributed by atoms with Crippen LogP contribution in [0.3, 0.4) is 0 Å². The van der Waals surface area contributed by atoms with Gasteiger partial charge in [0.15, 0.2) is 0 Å². The molecule has 1 aliphatic heterocycles. The van der Waals surface area contributed by atoms with Crippen molar-refractivity contribution in [3.63, 3.8) is 0 Å². The molecule has 0 radical (unpaired) electrons. The molecule has 4 saturated carbocycles. The van der Waals surface area contributed by atoms with Crippen LogP contribution in [0, 0.1) is 17.3 Å². The van der Waals surface area contributed by atoms with Crippen molar-refractivity contribution in [1.82, 2.24) is 5.32 Å². The first-order chi connectivity index (χ1) is 12.7. The fraction of sp³-hybridized carbons (Fsp3) is 0.739. The lowest BCUT2D eigenvalue weighted by atomic mass is 9.52. The van der Waals surface area contributed by atoms with Crippen LogP contribution in [-0.2, 0) is 16.1 Å². The lowest BCUT2D eigenvalue weighted by Gasteiger charge is -2.58. The molecule has 0 amide bonds. The quantitative estimate of drug-likeness (QED) is 0.866. The van der Waals surface area contributed by atoms with E-state index in [1.807, 2.05) is 0 Å². The van der Waals surface area contributed by atoms with Gasteiger partial charge in [0.1, 0.15) is 0 Å². The van der Waals surface area contributed by atoms with E-state index in [-0.39, 0.29) is 0 Å². The standard InChI is InChI=1S/C23H31NO2/c1-2-4-16(5-3-1)15-25-19-13-22(14-19)11-18(12-22)24-21-6-8-23-17(7-9-26-23)10-20(21)23/h1-5,17-21,24H,6-15H2. The normalized spacial score (nSPS) is 48.4. The Morgan fingerprint density at radius 3 is 2.73 bits per heavy atom. The predicted molar refractivity (Wildman–Crippen MR) is 101 cm³/mol. The van der Waals surface area contributed by atoms with Crippen LogP contribution in [0.15, 0.2) is 30.3 Å². The third-order valence-corrected chi connectivity index (χ3v) is 8.48. The summed E-state index contributed by atoms with van der Waals surface area (Å²) >= 11 is 0. The monoisotopic (exact) mass is 353 g/mol. The maximum atomic E-state index is 6.22. The first-order valence-corrected chi connectivity index (χ1v) is 10.8. The Bertz CT molecular complexity index is 662. The van der Waals surface area contributed by atoms with E-state index >= 15 is 0 Å². The third-order valence-electron chi connectivity index (χ3n) is 8.48.